The van der Waals surface area contributed by atoms with Gasteiger partial charge in [0.15, 0.2) is 0 Å². The third-order valence-electron chi connectivity index (χ3n) is 4.81. The monoisotopic (exact) mass is 338 g/mol. The maximum Gasteiger partial charge on any atom is 0.0721 e. The van der Waals surface area contributed by atoms with E-state index in [4.69, 9.17) is 13.6 Å². The number of benzene rings is 1. The van der Waals surface area contributed by atoms with E-state index in [2.05, 4.69) is 23.1 Å². The number of nitrogens with two attached hydrogens (primary N) is 1. The first-order chi connectivity index (χ1) is 12.1. The van der Waals surface area contributed by atoms with Crippen molar-refractivity contribution in [3.05, 3.63) is 59.7 Å². The molecule has 0 bridgehead atoms. The summed E-state index contributed by atoms with van der Waals surface area (Å²) in [5.41, 5.74) is 8.73. The van der Waals surface area contributed by atoms with Crippen LogP contribution in [0, 0.1) is 5.92 Å². The lowest BCUT2D eigenvalue weighted by Crippen LogP contribution is -2.49. The molecule has 0 aromatic heterocycles. The molecule has 1 heterocycles. The summed E-state index contributed by atoms with van der Waals surface area (Å²) in [5, 5.41) is 9.66. The molecule has 4 heteroatoms. The van der Waals surface area contributed by atoms with Gasteiger partial charge in [-0.15, -0.1) is 0 Å². The molecule has 25 heavy (non-hydrogen) atoms. The Balaban J connectivity index is 1.75. The summed E-state index contributed by atoms with van der Waals surface area (Å²) in [6.45, 7) is 5.11. The van der Waals surface area contributed by atoms with Crippen molar-refractivity contribution in [1.82, 2.24) is 4.90 Å². The van der Waals surface area contributed by atoms with Crippen LogP contribution in [0.4, 0.5) is 0 Å². The maximum absolute atomic E-state index is 9.66. The van der Waals surface area contributed by atoms with Crippen LogP contribution in [0.2, 0.25) is 6.32 Å². The number of nitrogens with zero attached hydrogens (tertiary/aromatic N) is 1. The van der Waals surface area contributed by atoms with Crippen LogP contribution in [0.3, 0.4) is 0 Å². The molecule has 1 aliphatic rings. The number of rotatable bonds is 10. The van der Waals surface area contributed by atoms with Gasteiger partial charge >= 0.3 is 0 Å². The minimum absolute atomic E-state index is 0.0870. The first-order valence-corrected chi connectivity index (χ1v) is 9.40. The molecule has 0 saturated carbocycles. The van der Waals surface area contributed by atoms with Gasteiger partial charge in [0.2, 0.25) is 0 Å². The summed E-state index contributed by atoms with van der Waals surface area (Å²) < 4.78 is 0. The van der Waals surface area contributed by atoms with E-state index >= 15 is 0 Å². The standard InChI is InChI=1S/C21H31BN2O/c1-2-20(25)11-10-17(12-13-22)8-9-18-14-24(15-18)16-21(23)19-6-4-3-5-7-19/h3-8,10-11,18,20-21,25H,2,9,12-16,23H2,1H3/b11-10-,17-8+. The van der Waals surface area contributed by atoms with E-state index in [1.54, 1.807) is 0 Å². The Labute approximate surface area is 154 Å². The van der Waals surface area contributed by atoms with Crippen LogP contribution in [-0.2, 0) is 0 Å². The minimum atomic E-state index is -0.361. The van der Waals surface area contributed by atoms with Gasteiger partial charge in [-0.1, -0.05) is 67.4 Å². The highest BCUT2D eigenvalue weighted by Crippen LogP contribution is 2.23. The molecule has 0 amide bonds. The second-order valence-corrected chi connectivity index (χ2v) is 6.99. The number of likely N-dealkylation sites (tertiary alicyclic amines) is 1. The third-order valence-corrected chi connectivity index (χ3v) is 4.81. The smallest absolute Gasteiger partial charge is 0.0721 e. The Morgan fingerprint density at radius 2 is 2.08 bits per heavy atom. The molecule has 0 spiro atoms. The van der Waals surface area contributed by atoms with E-state index in [-0.39, 0.29) is 12.1 Å². The lowest BCUT2D eigenvalue weighted by Gasteiger charge is -2.40. The zero-order valence-electron chi connectivity index (χ0n) is 15.3. The predicted octanol–water partition coefficient (Wildman–Crippen LogP) is 3.24. The largest absolute Gasteiger partial charge is 0.389 e. The molecule has 2 radical (unpaired) electrons. The fourth-order valence-corrected chi connectivity index (χ4v) is 3.17. The number of allylic oxidation sites excluding steroid dienone is 3. The molecule has 2 atom stereocenters. The number of hydrogen-bond acceptors (Lipinski definition) is 3. The summed E-state index contributed by atoms with van der Waals surface area (Å²) in [6, 6.07) is 10.4. The fourth-order valence-electron chi connectivity index (χ4n) is 3.17. The van der Waals surface area contributed by atoms with E-state index in [1.807, 2.05) is 37.3 Å². The lowest BCUT2D eigenvalue weighted by atomic mass is 9.91. The Morgan fingerprint density at radius 3 is 2.72 bits per heavy atom. The summed E-state index contributed by atoms with van der Waals surface area (Å²) in [4.78, 5) is 2.43. The van der Waals surface area contributed by atoms with Gasteiger partial charge in [-0.2, -0.15) is 0 Å². The van der Waals surface area contributed by atoms with Crippen LogP contribution in [0.15, 0.2) is 54.1 Å². The second-order valence-electron chi connectivity index (χ2n) is 6.99. The van der Waals surface area contributed by atoms with Gasteiger partial charge < -0.3 is 15.7 Å². The first-order valence-electron chi connectivity index (χ1n) is 9.40. The molecule has 0 aliphatic carbocycles. The molecular formula is C21H31BN2O. The molecule has 134 valence electrons. The molecule has 1 saturated heterocycles. The van der Waals surface area contributed by atoms with Crippen molar-refractivity contribution in [2.24, 2.45) is 11.7 Å². The van der Waals surface area contributed by atoms with E-state index in [0.29, 0.717) is 12.2 Å². The highest BCUT2D eigenvalue weighted by molar-refractivity contribution is 6.08. The van der Waals surface area contributed by atoms with E-state index in [1.165, 1.54) is 11.1 Å². The normalized spacial score (nSPS) is 19.1. The van der Waals surface area contributed by atoms with Crippen molar-refractivity contribution in [3.63, 3.8) is 0 Å². The Morgan fingerprint density at radius 1 is 1.36 bits per heavy atom. The molecule has 2 unspecified atom stereocenters. The molecule has 1 fully saturated rings. The highest BCUT2D eigenvalue weighted by atomic mass is 16.3. The summed E-state index contributed by atoms with van der Waals surface area (Å²) in [6.07, 6.45) is 9.13. The average Bonchev–Trinajstić information content (AvgIpc) is 2.61. The second kappa shape index (κ2) is 10.6. The van der Waals surface area contributed by atoms with Gasteiger partial charge in [0.25, 0.3) is 0 Å². The summed E-state index contributed by atoms with van der Waals surface area (Å²) >= 11 is 0. The third kappa shape index (κ3) is 6.81. The SMILES string of the molecule is [B]CCC(/C=C\C(O)CC)=C/CC1CN(CC(N)c2ccccc2)C1. The number of hydrogen-bond donors (Lipinski definition) is 2. The van der Waals surface area contributed by atoms with E-state index in [0.717, 1.165) is 38.9 Å². The van der Waals surface area contributed by atoms with Crippen LogP contribution < -0.4 is 5.73 Å². The van der Waals surface area contributed by atoms with Crippen molar-refractivity contribution >= 4 is 7.85 Å². The zero-order valence-corrected chi connectivity index (χ0v) is 15.3. The molecule has 1 aromatic carbocycles. The van der Waals surface area contributed by atoms with Crippen molar-refractivity contribution in [2.45, 2.75) is 44.7 Å². The van der Waals surface area contributed by atoms with Gasteiger partial charge in [0, 0.05) is 25.7 Å². The van der Waals surface area contributed by atoms with Crippen molar-refractivity contribution in [3.8, 4) is 0 Å². The van der Waals surface area contributed by atoms with Gasteiger partial charge in [-0.3, -0.25) is 0 Å². The van der Waals surface area contributed by atoms with E-state index in [9.17, 15) is 5.11 Å². The molecular weight excluding hydrogens is 307 g/mol. The van der Waals surface area contributed by atoms with Gasteiger partial charge in [-0.05, 0) is 30.7 Å². The number of aliphatic hydroxyl groups excluding tert-OH is 1. The Hall–Kier alpha value is -1.36. The van der Waals surface area contributed by atoms with Crippen molar-refractivity contribution in [2.75, 3.05) is 19.6 Å². The van der Waals surface area contributed by atoms with Crippen molar-refractivity contribution in [1.29, 1.82) is 0 Å². The van der Waals surface area contributed by atoms with Crippen molar-refractivity contribution < 1.29 is 5.11 Å². The van der Waals surface area contributed by atoms with Crippen LogP contribution in [0.1, 0.15) is 37.8 Å². The highest BCUT2D eigenvalue weighted by Gasteiger charge is 2.27. The van der Waals surface area contributed by atoms with Gasteiger partial charge in [-0.25, -0.2) is 0 Å². The molecule has 1 aromatic rings. The van der Waals surface area contributed by atoms with E-state index < -0.39 is 0 Å². The summed E-state index contributed by atoms with van der Waals surface area (Å²) in [7, 11) is 5.69. The predicted molar refractivity (Wildman–Crippen MR) is 107 cm³/mol. The Kier molecular flexibility index (Phi) is 8.46. The average molecular weight is 338 g/mol. The van der Waals surface area contributed by atoms with Crippen LogP contribution in [0.5, 0.6) is 0 Å². The molecule has 2 rings (SSSR count). The van der Waals surface area contributed by atoms with Gasteiger partial charge in [0.05, 0.1) is 14.0 Å². The van der Waals surface area contributed by atoms with Crippen LogP contribution in [0.25, 0.3) is 0 Å². The quantitative estimate of drug-likeness (QED) is 0.509. The first kappa shape index (κ1) is 20.0. The minimum Gasteiger partial charge on any atom is -0.389 e. The number of aliphatic hydroxyl groups is 1. The lowest BCUT2D eigenvalue weighted by molar-refractivity contribution is 0.0952. The maximum atomic E-state index is 9.66. The summed E-state index contributed by atoms with van der Waals surface area (Å²) in [5.74, 6) is 0.695. The molecule has 3 N–H and O–H groups in total. The molecule has 1 aliphatic heterocycles. The molecule has 3 nitrogen and oxygen atoms in total. The topological polar surface area (TPSA) is 49.5 Å². The fraction of sp³-hybridized carbons (Fsp3) is 0.524. The van der Waals surface area contributed by atoms with Gasteiger partial charge in [0.1, 0.15) is 0 Å². The van der Waals surface area contributed by atoms with Crippen LogP contribution in [-0.4, -0.2) is 43.6 Å². The Bertz CT molecular complexity index is 552. The zero-order chi connectivity index (χ0) is 18.1. The van der Waals surface area contributed by atoms with Crippen LogP contribution >= 0.6 is 0 Å².